The van der Waals surface area contributed by atoms with E-state index in [4.69, 9.17) is 11.6 Å². The van der Waals surface area contributed by atoms with Gasteiger partial charge in [-0.3, -0.25) is 14.5 Å². The molecule has 0 unspecified atom stereocenters. The van der Waals surface area contributed by atoms with Gasteiger partial charge in [0.2, 0.25) is 0 Å². The second-order valence-electron chi connectivity index (χ2n) is 10.6. The Kier molecular flexibility index (Phi) is 5.85. The summed E-state index contributed by atoms with van der Waals surface area (Å²) in [5.74, 6) is -0.198. The molecule has 0 atom stereocenters. The summed E-state index contributed by atoms with van der Waals surface area (Å²) in [6, 6.07) is 13.6. The van der Waals surface area contributed by atoms with E-state index in [-0.39, 0.29) is 11.8 Å². The van der Waals surface area contributed by atoms with Crippen molar-refractivity contribution in [1.82, 2.24) is 9.80 Å². The van der Waals surface area contributed by atoms with Crippen molar-refractivity contribution in [2.45, 2.75) is 38.5 Å². The van der Waals surface area contributed by atoms with E-state index in [9.17, 15) is 9.59 Å². The molecule has 1 saturated heterocycles. The molecule has 180 valence electrons. The third kappa shape index (κ3) is 4.36. The van der Waals surface area contributed by atoms with Gasteiger partial charge in [-0.2, -0.15) is 0 Å². The van der Waals surface area contributed by atoms with Gasteiger partial charge in [0.1, 0.15) is 0 Å². The van der Waals surface area contributed by atoms with E-state index in [1.165, 1.54) is 49.7 Å². The standard InChI is InChI=1S/C29H30ClN3O2/c30-24-5-2-20(3-6-24)26-17-29(9-1-10-29)11-8-22(26)19-32-12-14-33(15-13-32)28(35)21-4-7-25-23(16-21)18-31-27(25)34/h2-7,16,18H,1,8-15,17,19H2. The van der Waals surface area contributed by atoms with Crippen LogP contribution in [0.3, 0.4) is 0 Å². The number of carbonyl (C=O) groups excluding carboxylic acids is 2. The number of allylic oxidation sites excluding steroid dienone is 1. The van der Waals surface area contributed by atoms with Crippen LogP contribution in [0, 0.1) is 5.41 Å². The highest BCUT2D eigenvalue weighted by Crippen LogP contribution is 2.55. The van der Waals surface area contributed by atoms with Crippen LogP contribution in [0.4, 0.5) is 0 Å². The highest BCUT2D eigenvalue weighted by molar-refractivity contribution is 6.30. The molecule has 2 amide bonds. The topological polar surface area (TPSA) is 53.0 Å². The van der Waals surface area contributed by atoms with E-state index in [0.717, 1.165) is 43.3 Å². The average Bonchev–Trinajstić information content (AvgIpc) is 3.24. The molecule has 2 aliphatic carbocycles. The second kappa shape index (κ2) is 9.03. The SMILES string of the molecule is O=C1N=Cc2cc(C(=O)N3CCN(CC4=C(c5ccc(Cl)cc5)CC5(CCC5)CC4)CC3)ccc21. The number of fused-ring (bicyclic) bond motifs is 1. The Morgan fingerprint density at radius 2 is 1.77 bits per heavy atom. The first-order chi connectivity index (χ1) is 17.0. The van der Waals surface area contributed by atoms with E-state index in [0.29, 0.717) is 16.5 Å². The first kappa shape index (κ1) is 22.7. The van der Waals surface area contributed by atoms with E-state index in [2.05, 4.69) is 22.0 Å². The summed E-state index contributed by atoms with van der Waals surface area (Å²) in [4.78, 5) is 33.1. The fourth-order valence-electron chi connectivity index (χ4n) is 6.15. The number of hydrogen-bond donors (Lipinski definition) is 0. The van der Waals surface area contributed by atoms with E-state index >= 15 is 0 Å². The van der Waals surface area contributed by atoms with Gasteiger partial charge in [0, 0.05) is 55.1 Å². The monoisotopic (exact) mass is 487 g/mol. The van der Waals surface area contributed by atoms with Gasteiger partial charge < -0.3 is 4.90 Å². The van der Waals surface area contributed by atoms with Crippen LogP contribution in [-0.4, -0.2) is 60.6 Å². The summed E-state index contributed by atoms with van der Waals surface area (Å²) < 4.78 is 0. The first-order valence-corrected chi connectivity index (χ1v) is 13.1. The maximum Gasteiger partial charge on any atom is 0.277 e. The highest BCUT2D eigenvalue weighted by Gasteiger charge is 2.40. The minimum absolute atomic E-state index is 0.0332. The maximum absolute atomic E-state index is 13.1. The van der Waals surface area contributed by atoms with Crippen molar-refractivity contribution >= 4 is 35.2 Å². The molecular weight excluding hydrogens is 458 g/mol. The number of hydrogen-bond acceptors (Lipinski definition) is 3. The van der Waals surface area contributed by atoms with Gasteiger partial charge in [0.05, 0.1) is 5.56 Å². The lowest BCUT2D eigenvalue weighted by atomic mass is 9.59. The molecule has 2 heterocycles. The lowest BCUT2D eigenvalue weighted by Gasteiger charge is -2.47. The predicted molar refractivity (Wildman–Crippen MR) is 139 cm³/mol. The third-order valence-corrected chi connectivity index (χ3v) is 8.72. The summed E-state index contributed by atoms with van der Waals surface area (Å²) in [6.07, 6.45) is 9.31. The Hall–Kier alpha value is -2.76. The molecule has 0 aromatic heterocycles. The van der Waals surface area contributed by atoms with Crippen LogP contribution in [-0.2, 0) is 0 Å². The fourth-order valence-corrected chi connectivity index (χ4v) is 6.27. The smallest absolute Gasteiger partial charge is 0.277 e. The summed E-state index contributed by atoms with van der Waals surface area (Å²) >= 11 is 6.18. The van der Waals surface area contributed by atoms with Gasteiger partial charge in [-0.05, 0) is 79.0 Å². The van der Waals surface area contributed by atoms with Crippen LogP contribution in [0.1, 0.15) is 70.4 Å². The highest BCUT2D eigenvalue weighted by atomic mass is 35.5. The summed E-state index contributed by atoms with van der Waals surface area (Å²) in [5, 5.41) is 0.785. The Balaban J connectivity index is 1.14. The van der Waals surface area contributed by atoms with Crippen molar-refractivity contribution in [3.8, 4) is 0 Å². The normalized spacial score (nSPS) is 21.4. The third-order valence-electron chi connectivity index (χ3n) is 8.47. The molecule has 1 saturated carbocycles. The summed E-state index contributed by atoms with van der Waals surface area (Å²) in [5.41, 5.74) is 6.88. The van der Waals surface area contributed by atoms with Crippen molar-refractivity contribution in [2.75, 3.05) is 32.7 Å². The number of rotatable bonds is 4. The number of amides is 2. The van der Waals surface area contributed by atoms with E-state index < -0.39 is 0 Å². The van der Waals surface area contributed by atoms with Gasteiger partial charge >= 0.3 is 0 Å². The molecule has 0 bridgehead atoms. The molecule has 35 heavy (non-hydrogen) atoms. The minimum atomic E-state index is -0.231. The maximum atomic E-state index is 13.1. The predicted octanol–water partition coefficient (Wildman–Crippen LogP) is 5.48. The van der Waals surface area contributed by atoms with Gasteiger partial charge in [-0.25, -0.2) is 4.99 Å². The molecule has 2 fully saturated rings. The van der Waals surface area contributed by atoms with Crippen LogP contribution >= 0.6 is 11.6 Å². The minimum Gasteiger partial charge on any atom is -0.336 e. The number of carbonyl (C=O) groups is 2. The quantitative estimate of drug-likeness (QED) is 0.574. The van der Waals surface area contributed by atoms with E-state index in [1.54, 1.807) is 30.0 Å². The van der Waals surface area contributed by atoms with Crippen molar-refractivity contribution < 1.29 is 9.59 Å². The Morgan fingerprint density at radius 1 is 1.00 bits per heavy atom. The second-order valence-corrected chi connectivity index (χ2v) is 11.0. The number of aliphatic imine (C=N–C) groups is 1. The molecule has 0 radical (unpaired) electrons. The Labute approximate surface area is 211 Å². The molecule has 2 aliphatic heterocycles. The van der Waals surface area contributed by atoms with Crippen LogP contribution < -0.4 is 0 Å². The van der Waals surface area contributed by atoms with Crippen LogP contribution in [0.15, 0.2) is 53.0 Å². The number of nitrogens with zero attached hydrogens (tertiary/aromatic N) is 3. The molecule has 2 aromatic carbocycles. The van der Waals surface area contributed by atoms with Crippen LogP contribution in [0.2, 0.25) is 5.02 Å². The van der Waals surface area contributed by atoms with Crippen molar-refractivity contribution in [2.24, 2.45) is 10.4 Å². The molecular formula is C29H30ClN3O2. The van der Waals surface area contributed by atoms with Gasteiger partial charge in [0.25, 0.3) is 11.8 Å². The number of piperazine rings is 1. The molecule has 0 N–H and O–H groups in total. The largest absolute Gasteiger partial charge is 0.336 e. The lowest BCUT2D eigenvalue weighted by molar-refractivity contribution is 0.0642. The number of benzene rings is 2. The van der Waals surface area contributed by atoms with Crippen molar-refractivity contribution in [3.63, 3.8) is 0 Å². The summed E-state index contributed by atoms with van der Waals surface area (Å²) in [6.45, 7) is 4.17. The van der Waals surface area contributed by atoms with Crippen LogP contribution in [0.5, 0.6) is 0 Å². The molecule has 2 aromatic rings. The fraction of sp³-hybridized carbons (Fsp3) is 0.414. The molecule has 1 spiro atoms. The molecule has 6 heteroatoms. The zero-order valence-electron chi connectivity index (χ0n) is 19.9. The lowest BCUT2D eigenvalue weighted by Crippen LogP contribution is -2.49. The molecule has 6 rings (SSSR count). The van der Waals surface area contributed by atoms with Crippen molar-refractivity contribution in [1.29, 1.82) is 0 Å². The van der Waals surface area contributed by atoms with E-state index in [1.807, 2.05) is 17.0 Å². The Bertz CT molecular complexity index is 1240. The first-order valence-electron chi connectivity index (χ1n) is 12.7. The van der Waals surface area contributed by atoms with Crippen molar-refractivity contribution in [3.05, 3.63) is 75.3 Å². The number of halogens is 1. The van der Waals surface area contributed by atoms with Gasteiger partial charge in [0.15, 0.2) is 0 Å². The molecule has 5 nitrogen and oxygen atoms in total. The summed E-state index contributed by atoms with van der Waals surface area (Å²) in [7, 11) is 0. The molecule has 4 aliphatic rings. The zero-order valence-corrected chi connectivity index (χ0v) is 20.7. The average molecular weight is 488 g/mol. The Morgan fingerprint density at radius 3 is 2.49 bits per heavy atom. The van der Waals surface area contributed by atoms with Crippen LogP contribution in [0.25, 0.3) is 5.57 Å². The zero-order chi connectivity index (χ0) is 24.0. The van der Waals surface area contributed by atoms with Gasteiger partial charge in [-0.1, -0.05) is 35.7 Å². The van der Waals surface area contributed by atoms with Gasteiger partial charge in [-0.15, -0.1) is 0 Å².